The van der Waals surface area contributed by atoms with Gasteiger partial charge in [0, 0.05) is 7.11 Å². The molecule has 6 nitrogen and oxygen atoms in total. The Bertz CT molecular complexity index is 163. The van der Waals surface area contributed by atoms with Gasteiger partial charge in [0.25, 0.3) is 0 Å². The fraction of sp³-hybridized carbons (Fsp3) is 1.00. The van der Waals surface area contributed by atoms with Crippen molar-refractivity contribution in [3.05, 3.63) is 0 Å². The second kappa shape index (κ2) is 4.32. The van der Waals surface area contributed by atoms with Crippen molar-refractivity contribution < 1.29 is 29.9 Å². The van der Waals surface area contributed by atoms with Crippen LogP contribution >= 0.6 is 0 Å². The van der Waals surface area contributed by atoms with Crippen molar-refractivity contribution in [1.82, 2.24) is 0 Å². The first kappa shape index (κ1) is 10.8. The molecule has 78 valence electrons. The Kier molecular flexibility index (Phi) is 3.60. The minimum Gasteiger partial charge on any atom is -0.387 e. The van der Waals surface area contributed by atoms with Gasteiger partial charge >= 0.3 is 0 Å². The van der Waals surface area contributed by atoms with Gasteiger partial charge in [-0.2, -0.15) is 0 Å². The van der Waals surface area contributed by atoms with E-state index in [0.29, 0.717) is 0 Å². The van der Waals surface area contributed by atoms with Crippen LogP contribution in [0.3, 0.4) is 0 Å². The highest BCUT2D eigenvalue weighted by atomic mass is 16.6. The van der Waals surface area contributed by atoms with E-state index in [2.05, 4.69) is 0 Å². The Hall–Kier alpha value is -0.240. The molecule has 6 heteroatoms. The number of methoxy groups -OCH3 is 1. The summed E-state index contributed by atoms with van der Waals surface area (Å²) in [6, 6.07) is 0. The molecule has 1 aliphatic heterocycles. The summed E-state index contributed by atoms with van der Waals surface area (Å²) in [5, 5.41) is 36.7. The molecule has 1 heterocycles. The van der Waals surface area contributed by atoms with Crippen molar-refractivity contribution in [3.63, 3.8) is 0 Å². The molecule has 0 saturated carbocycles. The number of aliphatic hydroxyl groups is 4. The summed E-state index contributed by atoms with van der Waals surface area (Å²) in [5.41, 5.74) is 0. The Morgan fingerprint density at radius 1 is 1.08 bits per heavy atom. The molecular weight excluding hydrogens is 180 g/mol. The van der Waals surface area contributed by atoms with E-state index in [9.17, 15) is 10.2 Å². The Labute approximate surface area is 75.3 Å². The number of aliphatic hydroxyl groups excluding tert-OH is 4. The van der Waals surface area contributed by atoms with Crippen LogP contribution in [0.1, 0.15) is 0 Å². The zero-order valence-corrected chi connectivity index (χ0v) is 7.20. The van der Waals surface area contributed by atoms with Gasteiger partial charge < -0.3 is 29.9 Å². The monoisotopic (exact) mass is 194 g/mol. The average molecular weight is 194 g/mol. The third-order valence-corrected chi connectivity index (χ3v) is 2.02. The second-order valence-electron chi connectivity index (χ2n) is 2.99. The van der Waals surface area contributed by atoms with Gasteiger partial charge in [0.1, 0.15) is 24.4 Å². The van der Waals surface area contributed by atoms with Crippen LogP contribution in [-0.4, -0.2) is 64.8 Å². The zero-order chi connectivity index (χ0) is 10.0. The summed E-state index contributed by atoms with van der Waals surface area (Å²) >= 11 is 0. The minimum absolute atomic E-state index is 0.0437. The standard InChI is InChI=1S/C7H14O6/c1-12-2-3-4(8)5(9)6(10)7(11)13-3/h3-11H,2H2,1H3/t3?,4-,5-,6?,7?/m0/s1. The van der Waals surface area contributed by atoms with Gasteiger partial charge in [0.2, 0.25) is 0 Å². The summed E-state index contributed by atoms with van der Waals surface area (Å²) < 4.78 is 9.49. The molecule has 1 saturated heterocycles. The van der Waals surface area contributed by atoms with Gasteiger partial charge in [-0.25, -0.2) is 0 Å². The summed E-state index contributed by atoms with van der Waals surface area (Å²) in [4.78, 5) is 0. The van der Waals surface area contributed by atoms with Gasteiger partial charge in [-0.1, -0.05) is 0 Å². The topological polar surface area (TPSA) is 99.4 Å². The van der Waals surface area contributed by atoms with Gasteiger partial charge in [0.15, 0.2) is 6.29 Å². The van der Waals surface area contributed by atoms with Crippen LogP contribution in [0, 0.1) is 0 Å². The first-order valence-electron chi connectivity index (χ1n) is 3.94. The van der Waals surface area contributed by atoms with Crippen LogP contribution in [0.15, 0.2) is 0 Å². The highest BCUT2D eigenvalue weighted by Crippen LogP contribution is 2.19. The molecule has 3 unspecified atom stereocenters. The summed E-state index contributed by atoms with van der Waals surface area (Å²) in [5.74, 6) is 0. The fourth-order valence-corrected chi connectivity index (χ4v) is 1.23. The molecule has 1 aliphatic rings. The largest absolute Gasteiger partial charge is 0.387 e. The average Bonchev–Trinajstić information content (AvgIpc) is 2.11. The molecule has 1 rings (SSSR count). The molecule has 13 heavy (non-hydrogen) atoms. The first-order chi connectivity index (χ1) is 6.07. The van der Waals surface area contributed by atoms with Crippen molar-refractivity contribution in [2.45, 2.75) is 30.7 Å². The van der Waals surface area contributed by atoms with Gasteiger partial charge in [-0.3, -0.25) is 0 Å². The lowest BCUT2D eigenvalue weighted by molar-refractivity contribution is -0.287. The van der Waals surface area contributed by atoms with Gasteiger partial charge in [-0.05, 0) is 0 Å². The molecule has 0 aromatic carbocycles. The smallest absolute Gasteiger partial charge is 0.184 e. The van der Waals surface area contributed by atoms with Crippen molar-refractivity contribution in [2.75, 3.05) is 13.7 Å². The van der Waals surface area contributed by atoms with Crippen LogP contribution in [-0.2, 0) is 9.47 Å². The first-order valence-corrected chi connectivity index (χ1v) is 3.94. The number of ether oxygens (including phenoxy) is 2. The van der Waals surface area contributed by atoms with Crippen LogP contribution in [0.25, 0.3) is 0 Å². The molecule has 4 N–H and O–H groups in total. The predicted molar refractivity (Wildman–Crippen MR) is 40.8 cm³/mol. The van der Waals surface area contributed by atoms with Crippen molar-refractivity contribution in [3.8, 4) is 0 Å². The van der Waals surface area contributed by atoms with E-state index in [1.54, 1.807) is 0 Å². The predicted octanol–water partition coefficient (Wildman–Crippen LogP) is -2.57. The quantitative estimate of drug-likeness (QED) is 0.386. The maximum absolute atomic E-state index is 9.33. The highest BCUT2D eigenvalue weighted by molar-refractivity contribution is 4.88. The lowest BCUT2D eigenvalue weighted by atomic mass is 9.99. The molecule has 0 radical (unpaired) electrons. The molecule has 0 bridgehead atoms. The molecule has 0 aliphatic carbocycles. The van der Waals surface area contributed by atoms with E-state index in [4.69, 9.17) is 19.7 Å². The Morgan fingerprint density at radius 2 is 1.69 bits per heavy atom. The normalized spacial score (nSPS) is 46.4. The maximum Gasteiger partial charge on any atom is 0.184 e. The number of hydrogen-bond donors (Lipinski definition) is 4. The van der Waals surface area contributed by atoms with E-state index in [0.717, 1.165) is 0 Å². The zero-order valence-electron chi connectivity index (χ0n) is 7.20. The molecule has 0 spiro atoms. The van der Waals surface area contributed by atoms with Gasteiger partial charge in [0.05, 0.1) is 6.61 Å². The van der Waals surface area contributed by atoms with Crippen molar-refractivity contribution >= 4 is 0 Å². The second-order valence-corrected chi connectivity index (χ2v) is 2.99. The summed E-state index contributed by atoms with van der Waals surface area (Å²) in [7, 11) is 1.40. The molecule has 0 amide bonds. The maximum atomic E-state index is 9.33. The molecular formula is C7H14O6. The molecule has 0 aromatic heterocycles. The summed E-state index contributed by atoms with van der Waals surface area (Å²) in [6.45, 7) is 0.0437. The molecule has 1 fully saturated rings. The Morgan fingerprint density at radius 3 is 2.23 bits per heavy atom. The van der Waals surface area contributed by atoms with Crippen molar-refractivity contribution in [1.29, 1.82) is 0 Å². The van der Waals surface area contributed by atoms with E-state index in [-0.39, 0.29) is 6.61 Å². The van der Waals surface area contributed by atoms with Crippen LogP contribution in [0.2, 0.25) is 0 Å². The van der Waals surface area contributed by atoms with E-state index in [1.807, 2.05) is 0 Å². The lowest BCUT2D eigenvalue weighted by Gasteiger charge is -2.37. The van der Waals surface area contributed by atoms with E-state index >= 15 is 0 Å². The van der Waals surface area contributed by atoms with E-state index < -0.39 is 30.7 Å². The van der Waals surface area contributed by atoms with Crippen LogP contribution in [0.4, 0.5) is 0 Å². The molecule has 5 atom stereocenters. The molecule has 0 aromatic rings. The van der Waals surface area contributed by atoms with E-state index in [1.165, 1.54) is 7.11 Å². The summed E-state index contributed by atoms with van der Waals surface area (Å²) in [6.07, 6.45) is -6.46. The third-order valence-electron chi connectivity index (χ3n) is 2.02. The van der Waals surface area contributed by atoms with Gasteiger partial charge in [-0.15, -0.1) is 0 Å². The van der Waals surface area contributed by atoms with Crippen LogP contribution in [0.5, 0.6) is 0 Å². The minimum atomic E-state index is -1.49. The third kappa shape index (κ3) is 2.16. The lowest BCUT2D eigenvalue weighted by Crippen LogP contribution is -2.58. The number of rotatable bonds is 2. The SMILES string of the molecule is COCC1OC(O)C(O)[C@@H](O)[C@H]1O. The van der Waals surface area contributed by atoms with Crippen LogP contribution < -0.4 is 0 Å². The Balaban J connectivity index is 2.59. The number of hydrogen-bond acceptors (Lipinski definition) is 6. The highest BCUT2D eigenvalue weighted by Gasteiger charge is 2.42. The fourth-order valence-electron chi connectivity index (χ4n) is 1.23. The van der Waals surface area contributed by atoms with Crippen molar-refractivity contribution in [2.24, 2.45) is 0 Å².